The lowest BCUT2D eigenvalue weighted by Gasteiger charge is -2.40. The Morgan fingerprint density at radius 3 is 2.18 bits per heavy atom. The average molecular weight is 242 g/mol. The summed E-state index contributed by atoms with van der Waals surface area (Å²) in [6.07, 6.45) is 2.52. The Morgan fingerprint density at radius 2 is 1.88 bits per heavy atom. The maximum atomic E-state index is 11.3. The summed E-state index contributed by atoms with van der Waals surface area (Å²) in [4.78, 5) is 24.5. The van der Waals surface area contributed by atoms with Crippen LogP contribution in [0.3, 0.4) is 0 Å². The van der Waals surface area contributed by atoms with Gasteiger partial charge in [-0.3, -0.25) is 14.5 Å². The van der Waals surface area contributed by atoms with Crippen molar-refractivity contribution in [3.05, 3.63) is 0 Å². The molecule has 5 heteroatoms. The molecule has 0 saturated carbocycles. The average Bonchev–Trinajstić information content (AvgIpc) is 2.30. The summed E-state index contributed by atoms with van der Waals surface area (Å²) in [5.74, 6) is -1.03. The molecule has 3 N–H and O–H groups in total. The number of carboxylic acid groups (broad SMARTS) is 1. The molecule has 1 heterocycles. The van der Waals surface area contributed by atoms with Crippen LogP contribution in [0.1, 0.15) is 39.5 Å². The molecule has 17 heavy (non-hydrogen) atoms. The number of aliphatic carboxylic acids is 1. The van der Waals surface area contributed by atoms with Gasteiger partial charge >= 0.3 is 5.97 Å². The number of carbonyl (C=O) groups is 2. The Balaban J connectivity index is 2.67. The maximum Gasteiger partial charge on any atom is 0.309 e. The second-order valence-corrected chi connectivity index (χ2v) is 4.80. The number of amides is 1. The van der Waals surface area contributed by atoms with Crippen LogP contribution in [-0.4, -0.2) is 41.0 Å². The molecular formula is C12H22N2O3. The zero-order chi connectivity index (χ0) is 13.1. The smallest absolute Gasteiger partial charge is 0.309 e. The predicted octanol–water partition coefficient (Wildman–Crippen LogP) is 0.827. The highest BCUT2D eigenvalue weighted by molar-refractivity contribution is 5.80. The number of piperidine rings is 1. The van der Waals surface area contributed by atoms with E-state index in [2.05, 4.69) is 0 Å². The molecule has 0 aromatic heterocycles. The molecule has 1 fully saturated rings. The van der Waals surface area contributed by atoms with Crippen LogP contribution in [-0.2, 0) is 9.59 Å². The van der Waals surface area contributed by atoms with Gasteiger partial charge in [0.25, 0.3) is 0 Å². The molecule has 0 radical (unpaired) electrons. The van der Waals surface area contributed by atoms with Gasteiger partial charge in [0, 0.05) is 13.1 Å². The van der Waals surface area contributed by atoms with Gasteiger partial charge in [-0.25, -0.2) is 0 Å². The fraction of sp³-hybridized carbons (Fsp3) is 0.833. The number of rotatable bonds is 5. The normalized spacial score (nSPS) is 22.0. The van der Waals surface area contributed by atoms with E-state index in [1.807, 2.05) is 18.7 Å². The monoisotopic (exact) mass is 242 g/mol. The molecule has 1 aliphatic heterocycles. The minimum absolute atomic E-state index is 0.251. The molecule has 1 amide bonds. The Bertz CT molecular complexity index is 296. The van der Waals surface area contributed by atoms with Crippen molar-refractivity contribution in [3.8, 4) is 0 Å². The highest BCUT2D eigenvalue weighted by Gasteiger charge is 2.41. The van der Waals surface area contributed by atoms with Crippen LogP contribution in [0.4, 0.5) is 0 Å². The fourth-order valence-corrected chi connectivity index (χ4v) is 2.62. The highest BCUT2D eigenvalue weighted by atomic mass is 16.4. The van der Waals surface area contributed by atoms with Gasteiger partial charge in [-0.15, -0.1) is 0 Å². The zero-order valence-corrected chi connectivity index (χ0v) is 10.6. The van der Waals surface area contributed by atoms with Gasteiger partial charge in [0.2, 0.25) is 5.91 Å². The second kappa shape index (κ2) is 5.49. The molecule has 5 nitrogen and oxygen atoms in total. The molecule has 1 rings (SSSR count). The van der Waals surface area contributed by atoms with Crippen LogP contribution in [0.15, 0.2) is 0 Å². The van der Waals surface area contributed by atoms with Crippen LogP contribution < -0.4 is 5.73 Å². The lowest BCUT2D eigenvalue weighted by Crippen LogP contribution is -2.51. The van der Waals surface area contributed by atoms with Crippen LogP contribution in [0.25, 0.3) is 0 Å². The maximum absolute atomic E-state index is 11.3. The standard InChI is InChI=1S/C12H22N2O3/c1-3-9(10(13)15)14-7-5-12(4-2,6-8-14)11(16)17/h9H,3-8H2,1-2H3,(H2,13,15)(H,16,17). The molecule has 0 aliphatic carbocycles. The van der Waals surface area contributed by atoms with Gasteiger partial charge < -0.3 is 10.8 Å². The summed E-state index contributed by atoms with van der Waals surface area (Å²) in [5, 5.41) is 9.27. The van der Waals surface area contributed by atoms with Crippen molar-refractivity contribution in [2.45, 2.75) is 45.6 Å². The molecule has 1 atom stereocenters. The first-order chi connectivity index (χ1) is 7.96. The fourth-order valence-electron chi connectivity index (χ4n) is 2.62. The third-order valence-corrected chi connectivity index (χ3v) is 4.04. The van der Waals surface area contributed by atoms with Crippen molar-refractivity contribution in [3.63, 3.8) is 0 Å². The van der Waals surface area contributed by atoms with Gasteiger partial charge in [0.1, 0.15) is 0 Å². The largest absolute Gasteiger partial charge is 0.481 e. The molecular weight excluding hydrogens is 220 g/mol. The van der Waals surface area contributed by atoms with E-state index in [0.717, 1.165) is 0 Å². The number of carboxylic acids is 1. The quantitative estimate of drug-likeness (QED) is 0.748. The summed E-state index contributed by atoms with van der Waals surface area (Å²) < 4.78 is 0. The minimum atomic E-state index is -0.716. The first-order valence-electron chi connectivity index (χ1n) is 6.23. The van der Waals surface area contributed by atoms with Crippen molar-refractivity contribution in [2.75, 3.05) is 13.1 Å². The highest BCUT2D eigenvalue weighted by Crippen LogP contribution is 2.35. The van der Waals surface area contributed by atoms with Crippen LogP contribution in [0, 0.1) is 5.41 Å². The van der Waals surface area contributed by atoms with Gasteiger partial charge in [-0.05, 0) is 25.7 Å². The number of carbonyl (C=O) groups excluding carboxylic acids is 1. The molecule has 1 unspecified atom stereocenters. The number of primary amides is 1. The number of nitrogens with two attached hydrogens (primary N) is 1. The Labute approximate surface area is 102 Å². The lowest BCUT2D eigenvalue weighted by atomic mass is 9.76. The van der Waals surface area contributed by atoms with Crippen molar-refractivity contribution in [1.29, 1.82) is 0 Å². The van der Waals surface area contributed by atoms with E-state index in [1.54, 1.807) is 0 Å². The number of likely N-dealkylation sites (tertiary alicyclic amines) is 1. The third-order valence-electron chi connectivity index (χ3n) is 4.04. The van der Waals surface area contributed by atoms with Crippen LogP contribution in [0.2, 0.25) is 0 Å². The summed E-state index contributed by atoms with van der Waals surface area (Å²) in [5.41, 5.74) is 4.74. The number of hydrogen-bond donors (Lipinski definition) is 2. The zero-order valence-electron chi connectivity index (χ0n) is 10.6. The number of hydrogen-bond acceptors (Lipinski definition) is 3. The molecule has 0 bridgehead atoms. The van der Waals surface area contributed by atoms with Gasteiger partial charge in [-0.1, -0.05) is 13.8 Å². The molecule has 98 valence electrons. The minimum Gasteiger partial charge on any atom is -0.481 e. The summed E-state index contributed by atoms with van der Waals surface area (Å²) in [6, 6.07) is -0.251. The first kappa shape index (κ1) is 14.0. The van der Waals surface area contributed by atoms with Crippen LogP contribution in [0.5, 0.6) is 0 Å². The van der Waals surface area contributed by atoms with E-state index in [9.17, 15) is 14.7 Å². The van der Waals surface area contributed by atoms with Crippen molar-refractivity contribution >= 4 is 11.9 Å². The van der Waals surface area contributed by atoms with Crippen molar-refractivity contribution in [1.82, 2.24) is 4.90 Å². The van der Waals surface area contributed by atoms with E-state index in [1.165, 1.54) is 0 Å². The topological polar surface area (TPSA) is 83.6 Å². The van der Waals surface area contributed by atoms with Gasteiger partial charge in [0.15, 0.2) is 0 Å². The summed E-state index contributed by atoms with van der Waals surface area (Å²) in [6.45, 7) is 5.12. The van der Waals surface area contributed by atoms with Crippen molar-refractivity contribution in [2.24, 2.45) is 11.1 Å². The SMILES string of the molecule is CCC(C(N)=O)N1CCC(CC)(C(=O)O)CC1. The van der Waals surface area contributed by atoms with Crippen LogP contribution >= 0.6 is 0 Å². The lowest BCUT2D eigenvalue weighted by molar-refractivity contribution is -0.153. The number of nitrogens with zero attached hydrogens (tertiary/aromatic N) is 1. The van der Waals surface area contributed by atoms with E-state index in [-0.39, 0.29) is 11.9 Å². The molecule has 0 aromatic rings. The molecule has 1 saturated heterocycles. The van der Waals surface area contributed by atoms with Crippen molar-refractivity contribution < 1.29 is 14.7 Å². The van der Waals surface area contributed by atoms with E-state index in [4.69, 9.17) is 5.73 Å². The van der Waals surface area contributed by atoms with E-state index in [0.29, 0.717) is 38.8 Å². The van der Waals surface area contributed by atoms with E-state index >= 15 is 0 Å². The first-order valence-corrected chi connectivity index (χ1v) is 6.23. The second-order valence-electron chi connectivity index (χ2n) is 4.80. The van der Waals surface area contributed by atoms with Gasteiger partial charge in [0.05, 0.1) is 11.5 Å². The Morgan fingerprint density at radius 1 is 1.35 bits per heavy atom. The predicted molar refractivity (Wildman–Crippen MR) is 64.4 cm³/mol. The Hall–Kier alpha value is -1.10. The molecule has 1 aliphatic rings. The third kappa shape index (κ3) is 2.77. The van der Waals surface area contributed by atoms with Gasteiger partial charge in [-0.2, -0.15) is 0 Å². The molecule has 0 aromatic carbocycles. The summed E-state index contributed by atoms with van der Waals surface area (Å²) in [7, 11) is 0. The molecule has 0 spiro atoms. The van der Waals surface area contributed by atoms with E-state index < -0.39 is 11.4 Å². The summed E-state index contributed by atoms with van der Waals surface area (Å²) >= 11 is 0. The Kier molecular flexibility index (Phi) is 4.51.